The molecule has 26 heavy (non-hydrogen) atoms. The van der Waals surface area contributed by atoms with Gasteiger partial charge < -0.3 is 5.11 Å². The summed E-state index contributed by atoms with van der Waals surface area (Å²) in [6.07, 6.45) is 10.3. The molecule has 2 fully saturated rings. The number of carbonyl (C=O) groups is 1. The number of carboxylic acid groups (broad SMARTS) is 1. The van der Waals surface area contributed by atoms with Gasteiger partial charge in [0.05, 0.1) is 5.41 Å². The number of aromatic nitrogens is 3. The first-order valence-electron chi connectivity index (χ1n) is 9.33. The minimum absolute atomic E-state index is 0.575. The quantitative estimate of drug-likeness (QED) is 0.861. The zero-order valence-corrected chi connectivity index (χ0v) is 14.8. The van der Waals surface area contributed by atoms with E-state index in [0.717, 1.165) is 37.1 Å². The minimum atomic E-state index is -0.629. The fourth-order valence-corrected chi connectivity index (χ4v) is 3.99. The fraction of sp³-hybridized carbons (Fsp3) is 0.500. The summed E-state index contributed by atoms with van der Waals surface area (Å²) in [5, 5.41) is 9.85. The van der Waals surface area contributed by atoms with E-state index >= 15 is 0 Å². The molecular weight excluding hydrogens is 328 g/mol. The highest BCUT2D eigenvalue weighted by Gasteiger charge is 2.45. The highest BCUT2D eigenvalue weighted by Crippen LogP contribution is 2.45. The van der Waals surface area contributed by atoms with Crippen molar-refractivity contribution < 1.29 is 9.90 Å². The van der Waals surface area contributed by atoms with Crippen molar-refractivity contribution >= 4 is 5.97 Å². The molecule has 0 unspecified atom stereocenters. The van der Waals surface area contributed by atoms with Gasteiger partial charge in [0, 0.05) is 37.2 Å². The van der Waals surface area contributed by atoms with Crippen molar-refractivity contribution in [1.82, 2.24) is 19.9 Å². The lowest BCUT2D eigenvalue weighted by molar-refractivity contribution is -0.153. The van der Waals surface area contributed by atoms with E-state index in [9.17, 15) is 9.90 Å². The third-order valence-corrected chi connectivity index (χ3v) is 5.49. The Morgan fingerprint density at radius 3 is 2.69 bits per heavy atom. The maximum atomic E-state index is 12.0. The second-order valence-electron chi connectivity index (χ2n) is 7.68. The average molecular weight is 352 g/mol. The maximum absolute atomic E-state index is 12.0. The molecular formula is C20H24N4O2. The zero-order valence-electron chi connectivity index (χ0n) is 14.8. The van der Waals surface area contributed by atoms with Gasteiger partial charge in [-0.2, -0.15) is 0 Å². The number of piperidine rings is 1. The van der Waals surface area contributed by atoms with Gasteiger partial charge in [-0.05, 0) is 43.9 Å². The van der Waals surface area contributed by atoms with Crippen molar-refractivity contribution in [2.75, 3.05) is 13.1 Å². The van der Waals surface area contributed by atoms with E-state index in [1.807, 2.05) is 30.6 Å². The molecule has 136 valence electrons. The van der Waals surface area contributed by atoms with Crippen molar-refractivity contribution in [1.29, 1.82) is 0 Å². The molecule has 0 amide bonds. The molecule has 4 rings (SSSR count). The standard InChI is InChI=1S/C20H24N4O2/c25-19(26)20(10-15-5-6-15)7-3-9-24(14-20)13-16-11-22-18(23-12-16)17-4-1-2-8-21-17/h1-2,4,8,11-12,15H,3,5-7,9-10,13-14H2,(H,25,26)/t20-/m1/s1. The molecule has 0 aromatic carbocycles. The number of likely N-dealkylation sites (tertiary alicyclic amines) is 1. The minimum Gasteiger partial charge on any atom is -0.481 e. The topological polar surface area (TPSA) is 79.2 Å². The number of aliphatic carboxylic acids is 1. The van der Waals surface area contributed by atoms with Gasteiger partial charge >= 0.3 is 5.97 Å². The lowest BCUT2D eigenvalue weighted by Gasteiger charge is -2.40. The van der Waals surface area contributed by atoms with Crippen LogP contribution in [-0.2, 0) is 11.3 Å². The molecule has 3 heterocycles. The maximum Gasteiger partial charge on any atom is 0.310 e. The van der Waals surface area contributed by atoms with E-state index in [4.69, 9.17) is 0 Å². The number of hydrogen-bond donors (Lipinski definition) is 1. The molecule has 2 aliphatic rings. The number of carboxylic acids is 1. The average Bonchev–Trinajstić information content (AvgIpc) is 3.47. The molecule has 1 aliphatic carbocycles. The molecule has 0 spiro atoms. The Hall–Kier alpha value is -2.34. The molecule has 1 saturated carbocycles. The lowest BCUT2D eigenvalue weighted by Crippen LogP contribution is -2.47. The van der Waals surface area contributed by atoms with Crippen LogP contribution in [0.25, 0.3) is 11.5 Å². The van der Waals surface area contributed by atoms with E-state index in [-0.39, 0.29) is 0 Å². The van der Waals surface area contributed by atoms with Gasteiger partial charge in [0.15, 0.2) is 5.82 Å². The molecule has 6 nitrogen and oxygen atoms in total. The summed E-state index contributed by atoms with van der Waals surface area (Å²) < 4.78 is 0. The van der Waals surface area contributed by atoms with E-state index < -0.39 is 11.4 Å². The number of nitrogens with zero attached hydrogens (tertiary/aromatic N) is 4. The second kappa shape index (κ2) is 7.11. The van der Waals surface area contributed by atoms with Crippen LogP contribution in [0, 0.1) is 11.3 Å². The monoisotopic (exact) mass is 352 g/mol. The predicted octanol–water partition coefficient (Wildman–Crippen LogP) is 3.01. The summed E-state index contributed by atoms with van der Waals surface area (Å²) in [6.45, 7) is 2.25. The Morgan fingerprint density at radius 1 is 1.23 bits per heavy atom. The van der Waals surface area contributed by atoms with Gasteiger partial charge in [0.25, 0.3) is 0 Å². The molecule has 0 bridgehead atoms. The Labute approximate surface area is 153 Å². The van der Waals surface area contributed by atoms with Crippen LogP contribution < -0.4 is 0 Å². The van der Waals surface area contributed by atoms with Crippen LogP contribution in [0.5, 0.6) is 0 Å². The van der Waals surface area contributed by atoms with Gasteiger partial charge in [0.1, 0.15) is 5.69 Å². The highest BCUT2D eigenvalue weighted by molar-refractivity contribution is 5.75. The Bertz CT molecular complexity index is 761. The van der Waals surface area contributed by atoms with Crippen LogP contribution in [0.2, 0.25) is 0 Å². The van der Waals surface area contributed by atoms with E-state index in [1.54, 1.807) is 6.20 Å². The fourth-order valence-electron chi connectivity index (χ4n) is 3.99. The van der Waals surface area contributed by atoms with Crippen molar-refractivity contribution in [3.63, 3.8) is 0 Å². The van der Waals surface area contributed by atoms with Crippen LogP contribution in [0.3, 0.4) is 0 Å². The van der Waals surface area contributed by atoms with Gasteiger partial charge in [0.2, 0.25) is 0 Å². The van der Waals surface area contributed by atoms with E-state index in [1.165, 1.54) is 12.8 Å². The van der Waals surface area contributed by atoms with Crippen molar-refractivity contribution in [2.24, 2.45) is 11.3 Å². The van der Waals surface area contributed by atoms with Crippen LogP contribution in [0.4, 0.5) is 0 Å². The number of pyridine rings is 1. The highest BCUT2D eigenvalue weighted by atomic mass is 16.4. The molecule has 1 atom stereocenters. The van der Waals surface area contributed by atoms with Crippen LogP contribution in [0.1, 0.15) is 37.7 Å². The molecule has 1 saturated heterocycles. The van der Waals surface area contributed by atoms with Crippen molar-refractivity contribution in [2.45, 2.75) is 38.6 Å². The SMILES string of the molecule is O=C(O)[C@@]1(CC2CC2)CCCN(Cc2cnc(-c3ccccn3)nc2)C1. The first-order chi connectivity index (χ1) is 12.6. The molecule has 1 aliphatic heterocycles. The Morgan fingerprint density at radius 2 is 2.04 bits per heavy atom. The largest absolute Gasteiger partial charge is 0.481 e. The third-order valence-electron chi connectivity index (χ3n) is 5.49. The summed E-state index contributed by atoms with van der Waals surface area (Å²) in [7, 11) is 0. The Balaban J connectivity index is 1.44. The first kappa shape index (κ1) is 17.1. The normalized spacial score (nSPS) is 23.7. The number of rotatable bonds is 6. The lowest BCUT2D eigenvalue weighted by atomic mass is 9.75. The molecule has 0 radical (unpaired) electrons. The van der Waals surface area contributed by atoms with E-state index in [0.29, 0.717) is 24.8 Å². The summed E-state index contributed by atoms with van der Waals surface area (Å²) in [6, 6.07) is 5.67. The van der Waals surface area contributed by atoms with E-state index in [2.05, 4.69) is 19.9 Å². The van der Waals surface area contributed by atoms with Crippen molar-refractivity contribution in [3.8, 4) is 11.5 Å². The molecule has 1 N–H and O–H groups in total. The first-order valence-corrected chi connectivity index (χ1v) is 9.33. The van der Waals surface area contributed by atoms with Gasteiger partial charge in [-0.25, -0.2) is 9.97 Å². The Kier molecular flexibility index (Phi) is 4.68. The molecule has 2 aromatic heterocycles. The van der Waals surface area contributed by atoms with Gasteiger partial charge in [-0.1, -0.05) is 18.9 Å². The number of hydrogen-bond acceptors (Lipinski definition) is 5. The summed E-state index contributed by atoms with van der Waals surface area (Å²) in [4.78, 5) is 27.4. The van der Waals surface area contributed by atoms with Crippen molar-refractivity contribution in [3.05, 3.63) is 42.4 Å². The molecule has 2 aromatic rings. The van der Waals surface area contributed by atoms with Gasteiger partial charge in [-0.3, -0.25) is 14.7 Å². The van der Waals surface area contributed by atoms with Crippen LogP contribution >= 0.6 is 0 Å². The summed E-state index contributed by atoms with van der Waals surface area (Å²) in [5.41, 5.74) is 1.19. The summed E-state index contributed by atoms with van der Waals surface area (Å²) in [5.74, 6) is 0.601. The van der Waals surface area contributed by atoms with Crippen LogP contribution in [0.15, 0.2) is 36.8 Å². The van der Waals surface area contributed by atoms with Gasteiger partial charge in [-0.15, -0.1) is 0 Å². The third kappa shape index (κ3) is 3.75. The molecule has 6 heteroatoms. The smallest absolute Gasteiger partial charge is 0.310 e. The predicted molar refractivity (Wildman–Crippen MR) is 97.2 cm³/mol. The zero-order chi connectivity index (χ0) is 18.0. The van der Waals surface area contributed by atoms with Crippen LogP contribution in [-0.4, -0.2) is 44.0 Å². The second-order valence-corrected chi connectivity index (χ2v) is 7.68. The summed E-state index contributed by atoms with van der Waals surface area (Å²) >= 11 is 0.